The van der Waals surface area contributed by atoms with Gasteiger partial charge in [0.2, 0.25) is 0 Å². The molecule has 1 atom stereocenters. The van der Waals surface area contributed by atoms with Gasteiger partial charge in [-0.2, -0.15) is 0 Å². The molecule has 0 heterocycles. The first-order chi connectivity index (χ1) is 6.65. The van der Waals surface area contributed by atoms with E-state index in [0.29, 0.717) is 13.2 Å². The Hall–Kier alpha value is -0.380. The average molecular weight is 258 g/mol. The molecular formula is C11H16BrNO. The van der Waals surface area contributed by atoms with Crippen molar-refractivity contribution in [3.8, 4) is 0 Å². The highest BCUT2D eigenvalue weighted by Gasteiger charge is 2.09. The zero-order valence-electron chi connectivity index (χ0n) is 8.59. The second kappa shape index (κ2) is 5.49. The summed E-state index contributed by atoms with van der Waals surface area (Å²) in [7, 11) is 0. The molecule has 0 fully saturated rings. The topological polar surface area (TPSA) is 35.2 Å². The molecule has 0 saturated carbocycles. The van der Waals surface area contributed by atoms with Gasteiger partial charge in [0.25, 0.3) is 0 Å². The van der Waals surface area contributed by atoms with Crippen molar-refractivity contribution in [2.45, 2.75) is 19.9 Å². The fourth-order valence-electron chi connectivity index (χ4n) is 1.28. The molecular weight excluding hydrogens is 242 g/mol. The van der Waals surface area contributed by atoms with Crippen LogP contribution in [-0.4, -0.2) is 13.2 Å². The van der Waals surface area contributed by atoms with Gasteiger partial charge in [0.05, 0.1) is 12.6 Å². The third-order valence-corrected chi connectivity index (χ3v) is 2.77. The van der Waals surface area contributed by atoms with E-state index in [4.69, 9.17) is 10.5 Å². The minimum atomic E-state index is -0.0516. The molecule has 1 unspecified atom stereocenters. The molecule has 14 heavy (non-hydrogen) atoms. The number of ether oxygens (including phenoxy) is 1. The Morgan fingerprint density at radius 3 is 2.86 bits per heavy atom. The van der Waals surface area contributed by atoms with Gasteiger partial charge in [0.15, 0.2) is 0 Å². The van der Waals surface area contributed by atoms with Crippen LogP contribution in [-0.2, 0) is 4.74 Å². The quantitative estimate of drug-likeness (QED) is 0.901. The van der Waals surface area contributed by atoms with Crippen molar-refractivity contribution >= 4 is 15.9 Å². The lowest BCUT2D eigenvalue weighted by Crippen LogP contribution is -2.17. The Kier molecular flexibility index (Phi) is 4.58. The van der Waals surface area contributed by atoms with Crippen LogP contribution in [0.3, 0.4) is 0 Å². The monoisotopic (exact) mass is 257 g/mol. The molecule has 1 aromatic rings. The van der Waals surface area contributed by atoms with Crippen molar-refractivity contribution in [2.24, 2.45) is 5.73 Å². The maximum atomic E-state index is 6.00. The van der Waals surface area contributed by atoms with Crippen molar-refractivity contribution in [3.63, 3.8) is 0 Å². The van der Waals surface area contributed by atoms with Crippen molar-refractivity contribution in [2.75, 3.05) is 13.2 Å². The Morgan fingerprint density at radius 1 is 1.50 bits per heavy atom. The third-order valence-electron chi connectivity index (χ3n) is 2.05. The van der Waals surface area contributed by atoms with E-state index in [-0.39, 0.29) is 6.04 Å². The number of aryl methyl sites for hydroxylation is 1. The van der Waals surface area contributed by atoms with Crippen LogP contribution in [0.5, 0.6) is 0 Å². The van der Waals surface area contributed by atoms with Crippen LogP contribution in [0.4, 0.5) is 0 Å². The summed E-state index contributed by atoms with van der Waals surface area (Å²) < 4.78 is 6.35. The van der Waals surface area contributed by atoms with Gasteiger partial charge >= 0.3 is 0 Å². The van der Waals surface area contributed by atoms with E-state index >= 15 is 0 Å². The fraction of sp³-hybridized carbons (Fsp3) is 0.455. The molecule has 78 valence electrons. The molecule has 2 nitrogen and oxygen atoms in total. The van der Waals surface area contributed by atoms with Crippen LogP contribution in [0.1, 0.15) is 24.1 Å². The first kappa shape index (κ1) is 11.7. The zero-order chi connectivity index (χ0) is 10.6. The molecule has 3 heteroatoms. The van der Waals surface area contributed by atoms with E-state index < -0.39 is 0 Å². The molecule has 1 rings (SSSR count). The molecule has 0 amide bonds. The molecule has 0 aliphatic heterocycles. The predicted octanol–water partition coefficient (Wildman–Crippen LogP) is 2.79. The lowest BCUT2D eigenvalue weighted by atomic mass is 10.1. The molecule has 0 aromatic heterocycles. The van der Waals surface area contributed by atoms with Gasteiger partial charge < -0.3 is 10.5 Å². The van der Waals surface area contributed by atoms with Crippen LogP contribution >= 0.6 is 15.9 Å². The van der Waals surface area contributed by atoms with E-state index in [1.165, 1.54) is 5.56 Å². The Labute approximate surface area is 93.6 Å². The molecule has 1 aromatic carbocycles. The normalized spacial score (nSPS) is 12.9. The highest BCUT2D eigenvalue weighted by atomic mass is 79.9. The van der Waals surface area contributed by atoms with Crippen molar-refractivity contribution in [1.29, 1.82) is 0 Å². The van der Waals surface area contributed by atoms with Crippen LogP contribution in [0.25, 0.3) is 0 Å². The zero-order valence-corrected chi connectivity index (χ0v) is 10.2. The largest absolute Gasteiger partial charge is 0.380 e. The van der Waals surface area contributed by atoms with Gasteiger partial charge in [-0.15, -0.1) is 0 Å². The SMILES string of the molecule is CCOCC(N)c1cc(C)ccc1Br. The van der Waals surface area contributed by atoms with E-state index in [2.05, 4.69) is 35.0 Å². The number of benzene rings is 1. The maximum absolute atomic E-state index is 6.00. The number of nitrogens with two attached hydrogens (primary N) is 1. The van der Waals surface area contributed by atoms with Gasteiger partial charge in [-0.05, 0) is 25.5 Å². The summed E-state index contributed by atoms with van der Waals surface area (Å²) >= 11 is 3.49. The predicted molar refractivity (Wildman–Crippen MR) is 62.3 cm³/mol. The summed E-state index contributed by atoms with van der Waals surface area (Å²) in [6.07, 6.45) is 0. The number of hydrogen-bond acceptors (Lipinski definition) is 2. The molecule has 0 aliphatic carbocycles. The van der Waals surface area contributed by atoms with E-state index in [9.17, 15) is 0 Å². The van der Waals surface area contributed by atoms with Crippen LogP contribution in [0.2, 0.25) is 0 Å². The maximum Gasteiger partial charge on any atom is 0.0659 e. The number of rotatable bonds is 4. The molecule has 2 N–H and O–H groups in total. The lowest BCUT2D eigenvalue weighted by molar-refractivity contribution is 0.133. The summed E-state index contributed by atoms with van der Waals surface area (Å²) in [6, 6.07) is 6.12. The fourth-order valence-corrected chi connectivity index (χ4v) is 1.82. The van der Waals surface area contributed by atoms with Crippen molar-refractivity contribution in [3.05, 3.63) is 33.8 Å². The summed E-state index contributed by atoms with van der Waals surface area (Å²) in [5, 5.41) is 0. The Balaban J connectivity index is 2.77. The smallest absolute Gasteiger partial charge is 0.0659 e. The molecule has 0 spiro atoms. The average Bonchev–Trinajstić information content (AvgIpc) is 2.18. The third kappa shape index (κ3) is 3.08. The van der Waals surface area contributed by atoms with E-state index in [0.717, 1.165) is 10.0 Å². The summed E-state index contributed by atoms with van der Waals surface area (Å²) in [5.74, 6) is 0. The van der Waals surface area contributed by atoms with Gasteiger partial charge in [-0.25, -0.2) is 0 Å². The molecule has 0 saturated heterocycles. The highest BCUT2D eigenvalue weighted by Crippen LogP contribution is 2.23. The van der Waals surface area contributed by atoms with Gasteiger partial charge in [0.1, 0.15) is 0 Å². The molecule has 0 radical (unpaired) electrons. The van der Waals surface area contributed by atoms with E-state index in [1.54, 1.807) is 0 Å². The van der Waals surface area contributed by atoms with Gasteiger partial charge in [-0.3, -0.25) is 0 Å². The molecule has 0 bridgehead atoms. The minimum absolute atomic E-state index is 0.0516. The van der Waals surface area contributed by atoms with Gasteiger partial charge in [0, 0.05) is 11.1 Å². The second-order valence-electron chi connectivity index (χ2n) is 3.29. The van der Waals surface area contributed by atoms with Crippen LogP contribution < -0.4 is 5.73 Å². The minimum Gasteiger partial charge on any atom is -0.380 e. The van der Waals surface area contributed by atoms with Gasteiger partial charge in [-0.1, -0.05) is 33.6 Å². The Morgan fingerprint density at radius 2 is 2.21 bits per heavy atom. The molecule has 0 aliphatic rings. The summed E-state index contributed by atoms with van der Waals surface area (Å²) in [4.78, 5) is 0. The van der Waals surface area contributed by atoms with Crippen LogP contribution in [0.15, 0.2) is 22.7 Å². The standard InChI is InChI=1S/C11H16BrNO/c1-3-14-7-11(13)9-6-8(2)4-5-10(9)12/h4-6,11H,3,7,13H2,1-2H3. The number of halogens is 1. The number of hydrogen-bond donors (Lipinski definition) is 1. The summed E-state index contributed by atoms with van der Waals surface area (Å²) in [5.41, 5.74) is 8.32. The lowest BCUT2D eigenvalue weighted by Gasteiger charge is -2.14. The second-order valence-corrected chi connectivity index (χ2v) is 4.15. The van der Waals surface area contributed by atoms with Crippen molar-refractivity contribution < 1.29 is 4.74 Å². The summed E-state index contributed by atoms with van der Waals surface area (Å²) in [6.45, 7) is 5.30. The first-order valence-electron chi connectivity index (χ1n) is 4.74. The van der Waals surface area contributed by atoms with Crippen molar-refractivity contribution in [1.82, 2.24) is 0 Å². The van der Waals surface area contributed by atoms with Crippen LogP contribution in [0, 0.1) is 6.92 Å². The highest BCUT2D eigenvalue weighted by molar-refractivity contribution is 9.10. The Bertz CT molecular complexity index is 301. The first-order valence-corrected chi connectivity index (χ1v) is 5.53. The van der Waals surface area contributed by atoms with E-state index in [1.807, 2.05) is 13.0 Å².